The van der Waals surface area contributed by atoms with Crippen molar-refractivity contribution in [2.75, 3.05) is 25.0 Å². The van der Waals surface area contributed by atoms with Gasteiger partial charge in [0.05, 0.1) is 18.2 Å². The first kappa shape index (κ1) is 25.6. The summed E-state index contributed by atoms with van der Waals surface area (Å²) >= 11 is 0. The molecule has 1 amide bonds. The molecule has 8 nitrogen and oxygen atoms in total. The van der Waals surface area contributed by atoms with E-state index in [4.69, 9.17) is 9.47 Å². The lowest BCUT2D eigenvalue weighted by Gasteiger charge is -2.30. The van der Waals surface area contributed by atoms with Gasteiger partial charge in [0.1, 0.15) is 22.3 Å². The van der Waals surface area contributed by atoms with Gasteiger partial charge in [0, 0.05) is 13.1 Å². The van der Waals surface area contributed by atoms with Crippen LogP contribution in [0.25, 0.3) is 0 Å². The van der Waals surface area contributed by atoms with Gasteiger partial charge in [0.15, 0.2) is 6.10 Å². The quantitative estimate of drug-likeness (QED) is 0.563. The van der Waals surface area contributed by atoms with Gasteiger partial charge in [-0.1, -0.05) is 12.1 Å². The Hall–Kier alpha value is -3.05. The molecular weight excluding hydrogens is 470 g/mol. The van der Waals surface area contributed by atoms with Gasteiger partial charge in [-0.05, 0) is 57.0 Å². The van der Waals surface area contributed by atoms with Crippen molar-refractivity contribution in [3.05, 3.63) is 54.1 Å². The van der Waals surface area contributed by atoms with Gasteiger partial charge < -0.3 is 14.8 Å². The van der Waals surface area contributed by atoms with E-state index >= 15 is 0 Å². The molecule has 2 aromatic carbocycles. The molecular formula is C23H26F2N2O6S. The molecule has 11 heteroatoms. The highest BCUT2D eigenvalue weighted by Crippen LogP contribution is 2.27. The van der Waals surface area contributed by atoms with Gasteiger partial charge in [-0.25, -0.2) is 17.2 Å². The van der Waals surface area contributed by atoms with Crippen LogP contribution in [0, 0.1) is 17.6 Å². The molecule has 1 atom stereocenters. The summed E-state index contributed by atoms with van der Waals surface area (Å²) in [6.45, 7) is 3.52. The maximum Gasteiger partial charge on any atom is 0.309 e. The van der Waals surface area contributed by atoms with Crippen LogP contribution < -0.4 is 10.1 Å². The number of anilines is 1. The fourth-order valence-electron chi connectivity index (χ4n) is 3.56. The van der Waals surface area contributed by atoms with Crippen LogP contribution in [0.1, 0.15) is 26.7 Å². The van der Waals surface area contributed by atoms with Crippen LogP contribution in [0.4, 0.5) is 14.5 Å². The van der Waals surface area contributed by atoms with Crippen LogP contribution in [0.5, 0.6) is 5.75 Å². The Labute approximate surface area is 196 Å². The first-order valence-electron chi connectivity index (χ1n) is 10.8. The minimum Gasteiger partial charge on any atom is -0.492 e. The standard InChI is InChI=1S/C23H26F2N2O6S/c1-3-32-20-7-5-4-6-19(20)26-22(28)15(2)33-23(29)16-10-12-27(13-11-16)34(30,31)21-14-17(24)8-9-18(21)25/h4-9,14-16H,3,10-13H2,1-2H3,(H,26,28). The van der Waals surface area contributed by atoms with Gasteiger partial charge >= 0.3 is 5.97 Å². The van der Waals surface area contributed by atoms with Crippen LogP contribution >= 0.6 is 0 Å². The number of esters is 1. The molecule has 1 aliphatic rings. The monoisotopic (exact) mass is 496 g/mol. The maximum atomic E-state index is 14.0. The van der Waals surface area contributed by atoms with E-state index in [1.165, 1.54) is 6.92 Å². The highest BCUT2D eigenvalue weighted by molar-refractivity contribution is 7.89. The zero-order valence-electron chi connectivity index (χ0n) is 18.8. The van der Waals surface area contributed by atoms with E-state index in [0.717, 1.165) is 16.4 Å². The molecule has 184 valence electrons. The van der Waals surface area contributed by atoms with Crippen molar-refractivity contribution in [2.45, 2.75) is 37.7 Å². The Morgan fingerprint density at radius 2 is 1.82 bits per heavy atom. The lowest BCUT2D eigenvalue weighted by Crippen LogP contribution is -2.42. The number of ether oxygens (including phenoxy) is 2. The van der Waals surface area contributed by atoms with Crippen molar-refractivity contribution in [3.63, 3.8) is 0 Å². The lowest BCUT2D eigenvalue weighted by atomic mass is 9.98. The minimum absolute atomic E-state index is 0.0691. The molecule has 0 aliphatic carbocycles. The van der Waals surface area contributed by atoms with E-state index < -0.39 is 50.5 Å². The summed E-state index contributed by atoms with van der Waals surface area (Å²) in [4.78, 5) is 24.3. The number of sulfonamides is 1. The second-order valence-corrected chi connectivity index (χ2v) is 9.66. The van der Waals surface area contributed by atoms with Gasteiger partial charge in [-0.3, -0.25) is 9.59 Å². The second kappa shape index (κ2) is 10.9. The van der Waals surface area contributed by atoms with E-state index in [0.29, 0.717) is 24.1 Å². The SMILES string of the molecule is CCOc1ccccc1NC(=O)C(C)OC(=O)C1CCN(S(=O)(=O)c2cc(F)ccc2F)CC1. The number of carbonyl (C=O) groups is 2. The van der Waals surface area contributed by atoms with Crippen LogP contribution in [0.2, 0.25) is 0 Å². The average molecular weight is 497 g/mol. The molecule has 0 radical (unpaired) electrons. The lowest BCUT2D eigenvalue weighted by molar-refractivity contribution is -0.158. The number of halogens is 2. The molecule has 0 spiro atoms. The molecule has 1 unspecified atom stereocenters. The predicted molar refractivity (Wildman–Crippen MR) is 120 cm³/mol. The molecule has 1 saturated heterocycles. The van der Waals surface area contributed by atoms with Crippen molar-refractivity contribution >= 4 is 27.6 Å². The third-order valence-electron chi connectivity index (χ3n) is 5.41. The zero-order valence-corrected chi connectivity index (χ0v) is 19.6. The summed E-state index contributed by atoms with van der Waals surface area (Å²) in [6, 6.07) is 9.08. The van der Waals surface area contributed by atoms with Crippen LogP contribution in [0.15, 0.2) is 47.4 Å². The molecule has 0 saturated carbocycles. The van der Waals surface area contributed by atoms with E-state index in [1.807, 2.05) is 6.92 Å². The molecule has 1 aliphatic heterocycles. The topological polar surface area (TPSA) is 102 Å². The summed E-state index contributed by atoms with van der Waals surface area (Å²) in [5, 5.41) is 2.66. The van der Waals surface area contributed by atoms with Crippen molar-refractivity contribution < 1.29 is 36.3 Å². The first-order chi connectivity index (χ1) is 16.1. The van der Waals surface area contributed by atoms with E-state index in [-0.39, 0.29) is 25.9 Å². The van der Waals surface area contributed by atoms with Crippen molar-refractivity contribution in [1.82, 2.24) is 4.31 Å². The number of nitrogens with one attached hydrogen (secondary N) is 1. The number of para-hydroxylation sites is 2. The van der Waals surface area contributed by atoms with Crippen LogP contribution in [-0.2, 0) is 24.3 Å². The summed E-state index contributed by atoms with van der Waals surface area (Å²) in [7, 11) is -4.25. The third kappa shape index (κ3) is 5.89. The average Bonchev–Trinajstić information content (AvgIpc) is 2.82. The zero-order chi connectivity index (χ0) is 24.9. The number of amides is 1. The highest BCUT2D eigenvalue weighted by atomic mass is 32.2. The summed E-state index contributed by atoms with van der Waals surface area (Å²) in [6.07, 6.45) is -0.849. The molecule has 0 bridgehead atoms. The number of hydrogen-bond acceptors (Lipinski definition) is 6. The molecule has 1 heterocycles. The summed E-state index contributed by atoms with van der Waals surface area (Å²) in [5.41, 5.74) is 0.445. The predicted octanol–water partition coefficient (Wildman–Crippen LogP) is 3.33. The fourth-order valence-corrected chi connectivity index (χ4v) is 5.10. The fraction of sp³-hybridized carbons (Fsp3) is 0.391. The first-order valence-corrected chi connectivity index (χ1v) is 12.3. The molecule has 3 rings (SSSR count). The van der Waals surface area contributed by atoms with Crippen LogP contribution in [0.3, 0.4) is 0 Å². The van der Waals surface area contributed by atoms with Crippen molar-refractivity contribution in [1.29, 1.82) is 0 Å². The van der Waals surface area contributed by atoms with E-state index in [9.17, 15) is 26.8 Å². The largest absolute Gasteiger partial charge is 0.492 e. The summed E-state index contributed by atoms with van der Waals surface area (Å²) in [5.74, 6) is -3.23. The normalized spacial score (nSPS) is 16.0. The highest BCUT2D eigenvalue weighted by Gasteiger charge is 2.35. The minimum atomic E-state index is -4.25. The number of carbonyl (C=O) groups excluding carboxylic acids is 2. The third-order valence-corrected chi connectivity index (χ3v) is 7.32. The summed E-state index contributed by atoms with van der Waals surface area (Å²) < 4.78 is 64.6. The molecule has 34 heavy (non-hydrogen) atoms. The second-order valence-electron chi connectivity index (χ2n) is 7.75. The number of nitrogens with zero attached hydrogens (tertiary/aromatic N) is 1. The number of hydrogen-bond donors (Lipinski definition) is 1. The van der Waals surface area contributed by atoms with Crippen molar-refractivity contribution in [3.8, 4) is 5.75 Å². The number of rotatable bonds is 8. The smallest absolute Gasteiger partial charge is 0.309 e. The Morgan fingerprint density at radius 3 is 2.50 bits per heavy atom. The van der Waals surface area contributed by atoms with Gasteiger partial charge in [-0.2, -0.15) is 4.31 Å². The maximum absolute atomic E-state index is 14.0. The molecule has 1 fully saturated rings. The van der Waals surface area contributed by atoms with E-state index in [1.54, 1.807) is 24.3 Å². The number of benzene rings is 2. The Balaban J connectivity index is 1.56. The van der Waals surface area contributed by atoms with Gasteiger partial charge in [0.25, 0.3) is 5.91 Å². The van der Waals surface area contributed by atoms with Gasteiger partial charge in [0.2, 0.25) is 10.0 Å². The molecule has 2 aromatic rings. The van der Waals surface area contributed by atoms with Gasteiger partial charge in [-0.15, -0.1) is 0 Å². The van der Waals surface area contributed by atoms with Crippen molar-refractivity contribution in [2.24, 2.45) is 5.92 Å². The Kier molecular flexibility index (Phi) is 8.21. The molecule has 0 aromatic heterocycles. The Bertz CT molecular complexity index is 1150. The van der Waals surface area contributed by atoms with Crippen LogP contribution in [-0.4, -0.2) is 50.4 Å². The number of piperidine rings is 1. The Morgan fingerprint density at radius 1 is 1.15 bits per heavy atom. The molecule has 1 N–H and O–H groups in total. The van der Waals surface area contributed by atoms with E-state index in [2.05, 4.69) is 5.32 Å².